The van der Waals surface area contributed by atoms with E-state index in [9.17, 15) is 22.8 Å². The Morgan fingerprint density at radius 2 is 1.97 bits per heavy atom. The van der Waals surface area contributed by atoms with Gasteiger partial charge in [0.15, 0.2) is 0 Å². The van der Waals surface area contributed by atoms with Gasteiger partial charge in [0.1, 0.15) is 9.99 Å². The number of benzene rings is 2. The Morgan fingerprint density at radius 3 is 2.72 bits per heavy atom. The van der Waals surface area contributed by atoms with Crippen LogP contribution in [0.3, 0.4) is 0 Å². The lowest BCUT2D eigenvalue weighted by molar-refractivity contribution is -0.140. The predicted octanol–water partition coefficient (Wildman–Crippen LogP) is 3.64. The first-order valence-corrected chi connectivity index (χ1v) is 14.1. The van der Waals surface area contributed by atoms with Crippen molar-refractivity contribution in [2.45, 2.75) is 29.9 Å². The Kier molecular flexibility index (Phi) is 6.67. The number of amides is 1. The molecular weight excluding hydrogens is 500 g/mol. The van der Waals surface area contributed by atoms with Crippen LogP contribution in [0.1, 0.15) is 35.2 Å². The fourth-order valence-electron chi connectivity index (χ4n) is 5.08. The molecule has 0 aliphatic carbocycles. The lowest BCUT2D eigenvalue weighted by atomic mass is 9.89. The van der Waals surface area contributed by atoms with Crippen molar-refractivity contribution in [2.75, 3.05) is 31.6 Å². The number of carbonyl (C=O) groups is 3. The number of rotatable bonds is 8. The van der Waals surface area contributed by atoms with E-state index in [-0.39, 0.29) is 49.5 Å². The minimum Gasteiger partial charge on any atom is -0.469 e. The average molecular weight is 527 g/mol. The first-order chi connectivity index (χ1) is 17.3. The van der Waals surface area contributed by atoms with E-state index in [0.29, 0.717) is 29.2 Å². The van der Waals surface area contributed by atoms with Crippen LogP contribution in [0.4, 0.5) is 5.69 Å². The van der Waals surface area contributed by atoms with Gasteiger partial charge in [-0.25, -0.2) is 8.42 Å². The van der Waals surface area contributed by atoms with E-state index >= 15 is 0 Å². The standard InChI is InChI=1S/C26H26N2O6S2/c1-34-23(30)11-13-28-21-10-9-17(19-6-2-7-20(25(19)21)26(28)31)15-22(29)18-5-3-12-27(16-18)36(32,33)24-8-4-14-35-24/h2,4,6-10,14,18H,3,5,11-13,15-16H2,1H3. The summed E-state index contributed by atoms with van der Waals surface area (Å²) in [6.07, 6.45) is 1.53. The van der Waals surface area contributed by atoms with Gasteiger partial charge in [0.2, 0.25) is 0 Å². The molecule has 8 nitrogen and oxygen atoms in total. The molecule has 36 heavy (non-hydrogen) atoms. The number of sulfonamides is 1. The van der Waals surface area contributed by atoms with Gasteiger partial charge in [-0.05, 0) is 47.4 Å². The van der Waals surface area contributed by atoms with E-state index in [2.05, 4.69) is 0 Å². The average Bonchev–Trinajstić information content (AvgIpc) is 3.53. The van der Waals surface area contributed by atoms with Crippen molar-refractivity contribution in [2.24, 2.45) is 5.92 Å². The number of anilines is 1. The van der Waals surface area contributed by atoms with Gasteiger partial charge in [-0.15, -0.1) is 11.3 Å². The zero-order chi connectivity index (χ0) is 25.4. The van der Waals surface area contributed by atoms with Crippen LogP contribution >= 0.6 is 11.3 Å². The van der Waals surface area contributed by atoms with Crippen LogP contribution in [-0.4, -0.2) is 57.1 Å². The molecule has 1 aromatic heterocycles. The second-order valence-corrected chi connectivity index (χ2v) is 12.1. The molecule has 10 heteroatoms. The first kappa shape index (κ1) is 24.6. The predicted molar refractivity (Wildman–Crippen MR) is 137 cm³/mol. The highest BCUT2D eigenvalue weighted by Crippen LogP contribution is 2.39. The zero-order valence-electron chi connectivity index (χ0n) is 19.8. The maximum atomic E-state index is 13.3. The molecule has 188 valence electrons. The smallest absolute Gasteiger partial charge is 0.307 e. The molecule has 0 saturated carbocycles. The molecule has 1 amide bonds. The maximum Gasteiger partial charge on any atom is 0.307 e. The molecule has 1 fully saturated rings. The van der Waals surface area contributed by atoms with Gasteiger partial charge in [0, 0.05) is 42.9 Å². The molecule has 0 radical (unpaired) electrons. The highest BCUT2D eigenvalue weighted by Gasteiger charge is 2.35. The molecule has 5 rings (SSSR count). The van der Waals surface area contributed by atoms with Crippen LogP contribution < -0.4 is 4.90 Å². The van der Waals surface area contributed by atoms with Gasteiger partial charge in [-0.3, -0.25) is 14.4 Å². The van der Waals surface area contributed by atoms with Gasteiger partial charge >= 0.3 is 5.97 Å². The van der Waals surface area contributed by atoms with Crippen LogP contribution in [0.25, 0.3) is 10.8 Å². The highest BCUT2D eigenvalue weighted by atomic mass is 32.2. The Labute approximate surface area is 213 Å². The number of ether oxygens (including phenoxy) is 1. The molecule has 1 atom stereocenters. The summed E-state index contributed by atoms with van der Waals surface area (Å²) in [5.41, 5.74) is 2.07. The largest absolute Gasteiger partial charge is 0.469 e. The van der Waals surface area contributed by atoms with Gasteiger partial charge < -0.3 is 9.64 Å². The summed E-state index contributed by atoms with van der Waals surface area (Å²) in [4.78, 5) is 39.6. The number of Topliss-reactive ketones (excluding diaryl/α,β-unsaturated/α-hetero) is 1. The lowest BCUT2D eigenvalue weighted by Gasteiger charge is -2.31. The van der Waals surface area contributed by atoms with E-state index in [1.807, 2.05) is 18.2 Å². The molecule has 2 aromatic carbocycles. The van der Waals surface area contributed by atoms with Crippen molar-refractivity contribution in [3.8, 4) is 0 Å². The normalized spacial score (nSPS) is 18.1. The Morgan fingerprint density at radius 1 is 1.14 bits per heavy atom. The number of thiophene rings is 1. The third-order valence-electron chi connectivity index (χ3n) is 6.94. The van der Waals surface area contributed by atoms with Gasteiger partial charge in [-0.2, -0.15) is 4.31 Å². The van der Waals surface area contributed by atoms with E-state index in [4.69, 9.17) is 4.74 Å². The third kappa shape index (κ3) is 4.33. The molecule has 1 unspecified atom stereocenters. The van der Waals surface area contributed by atoms with Crippen molar-refractivity contribution >= 4 is 55.5 Å². The summed E-state index contributed by atoms with van der Waals surface area (Å²) in [5.74, 6) is -0.951. The Hall–Kier alpha value is -3.08. The van der Waals surface area contributed by atoms with Crippen LogP contribution in [0, 0.1) is 5.92 Å². The maximum absolute atomic E-state index is 13.3. The molecule has 3 heterocycles. The molecule has 3 aromatic rings. The Balaban J connectivity index is 1.37. The number of carbonyl (C=O) groups excluding carboxylic acids is 3. The van der Waals surface area contributed by atoms with Crippen LogP contribution in [0.5, 0.6) is 0 Å². The number of hydrogen-bond acceptors (Lipinski definition) is 7. The van der Waals surface area contributed by atoms with Crippen molar-refractivity contribution < 1.29 is 27.5 Å². The second-order valence-electron chi connectivity index (χ2n) is 9.03. The van der Waals surface area contributed by atoms with E-state index < -0.39 is 10.0 Å². The third-order valence-corrected chi connectivity index (χ3v) is 10.2. The summed E-state index contributed by atoms with van der Waals surface area (Å²) in [5, 5.41) is 3.34. The monoisotopic (exact) mass is 526 g/mol. The summed E-state index contributed by atoms with van der Waals surface area (Å²) in [6.45, 7) is 0.804. The number of esters is 1. The van der Waals surface area contributed by atoms with Crippen molar-refractivity contribution in [3.63, 3.8) is 0 Å². The fourth-order valence-corrected chi connectivity index (χ4v) is 7.75. The number of hydrogen-bond donors (Lipinski definition) is 0. The molecule has 2 aliphatic heterocycles. The van der Waals surface area contributed by atoms with Crippen molar-refractivity contribution in [3.05, 3.63) is 59.0 Å². The Bertz CT molecular complexity index is 1450. The van der Waals surface area contributed by atoms with Gasteiger partial charge in [-0.1, -0.05) is 24.3 Å². The van der Waals surface area contributed by atoms with E-state index in [1.165, 1.54) is 22.8 Å². The van der Waals surface area contributed by atoms with E-state index in [0.717, 1.165) is 22.0 Å². The molecule has 2 aliphatic rings. The quantitative estimate of drug-likeness (QED) is 0.416. The molecule has 0 N–H and O–H groups in total. The highest BCUT2D eigenvalue weighted by molar-refractivity contribution is 7.91. The van der Waals surface area contributed by atoms with Gasteiger partial charge in [0.05, 0.1) is 19.2 Å². The summed E-state index contributed by atoms with van der Waals surface area (Å²) in [7, 11) is -2.28. The first-order valence-electron chi connectivity index (χ1n) is 11.8. The zero-order valence-corrected chi connectivity index (χ0v) is 21.4. The lowest BCUT2D eigenvalue weighted by Crippen LogP contribution is -2.42. The minimum absolute atomic E-state index is 0.00588. The SMILES string of the molecule is COC(=O)CCN1C(=O)c2cccc3c(CC(=O)C4CCCN(S(=O)(=O)c5cccs5)C4)ccc1c23. The van der Waals surface area contributed by atoms with E-state index in [1.54, 1.807) is 34.5 Å². The number of ketones is 1. The number of methoxy groups -OCH3 is 1. The number of piperidine rings is 1. The minimum atomic E-state index is -3.60. The number of nitrogens with zero attached hydrogens (tertiary/aromatic N) is 2. The van der Waals surface area contributed by atoms with Crippen LogP contribution in [0.2, 0.25) is 0 Å². The topological polar surface area (TPSA) is 101 Å². The molecular formula is C26H26N2O6S2. The molecule has 1 saturated heterocycles. The van der Waals surface area contributed by atoms with Crippen LogP contribution in [-0.2, 0) is 30.8 Å². The summed E-state index contributed by atoms with van der Waals surface area (Å²) in [6, 6.07) is 12.4. The molecule has 0 bridgehead atoms. The summed E-state index contributed by atoms with van der Waals surface area (Å²) >= 11 is 1.18. The second kappa shape index (κ2) is 9.76. The fraction of sp³-hybridized carbons (Fsp3) is 0.346. The molecule has 0 spiro atoms. The van der Waals surface area contributed by atoms with Crippen LogP contribution in [0.15, 0.2) is 52.1 Å². The van der Waals surface area contributed by atoms with Crippen molar-refractivity contribution in [1.82, 2.24) is 4.31 Å². The van der Waals surface area contributed by atoms with Crippen molar-refractivity contribution in [1.29, 1.82) is 0 Å². The van der Waals surface area contributed by atoms with Gasteiger partial charge in [0.25, 0.3) is 15.9 Å². The summed E-state index contributed by atoms with van der Waals surface area (Å²) < 4.78 is 32.4.